The number of rotatable bonds is 9. The summed E-state index contributed by atoms with van der Waals surface area (Å²) >= 11 is 5.96. The number of benzene rings is 2. The molecular formula is C31H35ClF6N2. The molecule has 1 heterocycles. The monoisotopic (exact) mass is 584 g/mol. The molecular weight excluding hydrogens is 550 g/mol. The molecule has 3 rings (SSSR count). The topological polar surface area (TPSA) is 28.1 Å². The molecule has 0 aliphatic carbocycles. The van der Waals surface area contributed by atoms with Crippen molar-refractivity contribution in [2.24, 2.45) is 4.99 Å². The van der Waals surface area contributed by atoms with Crippen molar-refractivity contribution in [2.75, 3.05) is 0 Å². The summed E-state index contributed by atoms with van der Waals surface area (Å²) in [7, 11) is 0. The summed E-state index contributed by atoms with van der Waals surface area (Å²) in [6.07, 6.45) is 1.83. The lowest BCUT2D eigenvalue weighted by Crippen LogP contribution is -2.08. The number of aliphatic imine (C=N–C) groups is 1. The molecule has 0 fully saturated rings. The van der Waals surface area contributed by atoms with E-state index in [0.717, 1.165) is 49.2 Å². The normalized spacial score (nSPS) is 13.1. The van der Waals surface area contributed by atoms with Crippen molar-refractivity contribution in [3.05, 3.63) is 93.6 Å². The molecule has 0 aliphatic rings. The minimum absolute atomic E-state index is 0.0565. The summed E-state index contributed by atoms with van der Waals surface area (Å²) in [5.74, 6) is -2.60. The maximum absolute atomic E-state index is 14.7. The van der Waals surface area contributed by atoms with E-state index in [0.29, 0.717) is 23.0 Å². The molecule has 3 aromatic rings. The van der Waals surface area contributed by atoms with Crippen LogP contribution in [0.15, 0.2) is 53.7 Å². The number of unbranched alkanes of at least 4 members (excludes halogenated alkanes) is 1. The Balaban J connectivity index is 0.000000342. The molecule has 2 nitrogen and oxygen atoms in total. The van der Waals surface area contributed by atoms with Gasteiger partial charge in [0.1, 0.15) is 0 Å². The molecule has 1 aromatic heterocycles. The van der Waals surface area contributed by atoms with Crippen LogP contribution in [-0.2, 0) is 6.42 Å². The molecule has 1 atom stereocenters. The Hall–Kier alpha value is -3.00. The first-order chi connectivity index (χ1) is 18.7. The largest absolute Gasteiger partial charge is 0.415 e. The molecule has 0 amide bonds. The standard InChI is InChI=1S/C21H21ClF3N.C10H14F3N/c1-4-5-6-14-17-16(10-9-15(22)20(17)25)26-21(14)12(3)13-8-7-11(2)18(23)19(13)24;1-4-5-9(3)14-7-6-8(2)10(11,12)13/h7-10,12,26H,4-6H2,1-3H3;6-7H,2,4-5H2,1,3H3/b;7-6-,14-9?. The summed E-state index contributed by atoms with van der Waals surface area (Å²) in [4.78, 5) is 7.06. The summed E-state index contributed by atoms with van der Waals surface area (Å²) < 4.78 is 79.0. The third kappa shape index (κ3) is 8.26. The number of aryl methyl sites for hydroxylation is 2. The van der Waals surface area contributed by atoms with Crippen LogP contribution in [0.25, 0.3) is 10.9 Å². The van der Waals surface area contributed by atoms with Crippen molar-refractivity contribution in [1.82, 2.24) is 4.98 Å². The Morgan fingerprint density at radius 3 is 2.33 bits per heavy atom. The third-order valence-corrected chi connectivity index (χ3v) is 6.81. The van der Waals surface area contributed by atoms with Crippen LogP contribution in [0.2, 0.25) is 5.02 Å². The lowest BCUT2D eigenvalue weighted by molar-refractivity contribution is -0.0878. The van der Waals surface area contributed by atoms with Gasteiger partial charge in [0, 0.05) is 40.0 Å². The number of alkyl halides is 3. The van der Waals surface area contributed by atoms with Crippen LogP contribution in [0.1, 0.15) is 81.7 Å². The molecule has 2 aromatic carbocycles. The fraction of sp³-hybridized carbons (Fsp3) is 0.387. The van der Waals surface area contributed by atoms with Gasteiger partial charge in [-0.15, -0.1) is 0 Å². The van der Waals surface area contributed by atoms with E-state index >= 15 is 0 Å². The zero-order valence-electron chi connectivity index (χ0n) is 23.4. The lowest BCUT2D eigenvalue weighted by Gasteiger charge is -2.15. The Kier molecular flexibility index (Phi) is 12.1. The molecule has 0 spiro atoms. The average Bonchev–Trinajstić information content (AvgIpc) is 3.27. The SMILES string of the molecule is C=C(/C=C\N=C(C)CCC)C(F)(F)F.CCCCc1c(C(C)c2ccc(C)c(F)c2F)[nH]c2ccc(Cl)c(F)c12. The molecule has 0 aliphatic heterocycles. The van der Waals surface area contributed by atoms with E-state index in [-0.39, 0.29) is 16.1 Å². The first-order valence-electron chi connectivity index (χ1n) is 13.1. The van der Waals surface area contributed by atoms with E-state index in [2.05, 4.69) is 23.5 Å². The van der Waals surface area contributed by atoms with Crippen molar-refractivity contribution in [3.8, 4) is 0 Å². The fourth-order valence-electron chi connectivity index (χ4n) is 4.21. The van der Waals surface area contributed by atoms with Crippen molar-refractivity contribution in [1.29, 1.82) is 0 Å². The molecule has 0 bridgehead atoms. The molecule has 40 heavy (non-hydrogen) atoms. The van der Waals surface area contributed by atoms with E-state index in [4.69, 9.17) is 11.6 Å². The van der Waals surface area contributed by atoms with Gasteiger partial charge in [-0.25, -0.2) is 13.2 Å². The average molecular weight is 585 g/mol. The van der Waals surface area contributed by atoms with E-state index in [1.54, 1.807) is 32.0 Å². The first kappa shape index (κ1) is 33.2. The van der Waals surface area contributed by atoms with Crippen LogP contribution in [0.5, 0.6) is 0 Å². The Labute approximate surface area is 236 Å². The van der Waals surface area contributed by atoms with Crippen molar-refractivity contribution < 1.29 is 26.3 Å². The number of fused-ring (bicyclic) bond motifs is 1. The van der Waals surface area contributed by atoms with Crippen LogP contribution >= 0.6 is 11.6 Å². The van der Waals surface area contributed by atoms with Crippen LogP contribution in [0.3, 0.4) is 0 Å². The summed E-state index contributed by atoms with van der Waals surface area (Å²) in [5, 5.41) is 0.502. The fourth-order valence-corrected chi connectivity index (χ4v) is 4.37. The zero-order chi connectivity index (χ0) is 30.2. The van der Waals surface area contributed by atoms with Crippen molar-refractivity contribution in [2.45, 2.75) is 78.8 Å². The van der Waals surface area contributed by atoms with Gasteiger partial charge in [-0.2, -0.15) is 13.2 Å². The molecule has 218 valence electrons. The van der Waals surface area contributed by atoms with Gasteiger partial charge < -0.3 is 4.98 Å². The second-order valence-electron chi connectivity index (χ2n) is 9.68. The number of nitrogens with zero attached hydrogens (tertiary/aromatic N) is 1. The van der Waals surface area contributed by atoms with E-state index in [9.17, 15) is 26.3 Å². The number of aromatic nitrogens is 1. The van der Waals surface area contributed by atoms with Gasteiger partial charge >= 0.3 is 6.18 Å². The highest BCUT2D eigenvalue weighted by molar-refractivity contribution is 6.31. The molecule has 9 heteroatoms. The smallest absolute Gasteiger partial charge is 0.358 e. The Morgan fingerprint density at radius 2 is 1.73 bits per heavy atom. The van der Waals surface area contributed by atoms with E-state index < -0.39 is 35.1 Å². The number of H-pyrrole nitrogens is 1. The number of nitrogens with one attached hydrogen (secondary N) is 1. The van der Waals surface area contributed by atoms with Gasteiger partial charge in [-0.1, -0.05) is 63.9 Å². The number of hydrogen-bond acceptors (Lipinski definition) is 1. The molecule has 0 saturated heterocycles. The summed E-state index contributed by atoms with van der Waals surface area (Å²) in [6.45, 7) is 12.0. The van der Waals surface area contributed by atoms with Crippen molar-refractivity contribution in [3.63, 3.8) is 0 Å². The van der Waals surface area contributed by atoms with Gasteiger partial charge in [0.2, 0.25) is 0 Å². The number of allylic oxidation sites excluding steroid dienone is 2. The van der Waals surface area contributed by atoms with Gasteiger partial charge in [0.25, 0.3) is 0 Å². The van der Waals surface area contributed by atoms with Gasteiger partial charge in [0.05, 0.1) is 5.02 Å². The number of halogens is 7. The summed E-state index contributed by atoms with van der Waals surface area (Å²) in [5.41, 5.74) is 2.56. The molecule has 0 radical (unpaired) electrons. The Morgan fingerprint density at radius 1 is 1.05 bits per heavy atom. The predicted octanol–water partition coefficient (Wildman–Crippen LogP) is 10.9. The van der Waals surface area contributed by atoms with Crippen molar-refractivity contribution >= 4 is 28.2 Å². The van der Waals surface area contributed by atoms with E-state index in [1.807, 2.05) is 6.92 Å². The van der Waals surface area contributed by atoms with Gasteiger partial charge in [-0.05, 0) is 68.0 Å². The zero-order valence-corrected chi connectivity index (χ0v) is 24.1. The quantitative estimate of drug-likeness (QED) is 0.147. The van der Waals surface area contributed by atoms with Crippen LogP contribution in [0, 0.1) is 24.4 Å². The maximum atomic E-state index is 14.7. The van der Waals surface area contributed by atoms with Gasteiger partial charge in [-0.3, -0.25) is 4.99 Å². The molecule has 1 N–H and O–H groups in total. The minimum Gasteiger partial charge on any atom is -0.358 e. The highest BCUT2D eigenvalue weighted by Gasteiger charge is 2.29. The second-order valence-corrected chi connectivity index (χ2v) is 10.1. The van der Waals surface area contributed by atoms with Crippen LogP contribution < -0.4 is 0 Å². The highest BCUT2D eigenvalue weighted by atomic mass is 35.5. The predicted molar refractivity (Wildman–Crippen MR) is 153 cm³/mol. The maximum Gasteiger partial charge on any atom is 0.415 e. The van der Waals surface area contributed by atoms with Crippen LogP contribution in [0.4, 0.5) is 26.3 Å². The highest BCUT2D eigenvalue weighted by Crippen LogP contribution is 2.37. The molecule has 1 unspecified atom stereocenters. The van der Waals surface area contributed by atoms with E-state index in [1.165, 1.54) is 13.0 Å². The molecule has 0 saturated carbocycles. The first-order valence-corrected chi connectivity index (χ1v) is 13.5. The number of hydrogen-bond donors (Lipinski definition) is 1. The second kappa shape index (κ2) is 14.6. The lowest BCUT2D eigenvalue weighted by atomic mass is 9.91. The van der Waals surface area contributed by atoms with Gasteiger partial charge in [0.15, 0.2) is 17.5 Å². The summed E-state index contributed by atoms with van der Waals surface area (Å²) in [6, 6.07) is 6.38. The third-order valence-electron chi connectivity index (χ3n) is 6.52. The Bertz CT molecular complexity index is 1380. The van der Waals surface area contributed by atoms with Crippen LogP contribution in [-0.4, -0.2) is 16.9 Å². The number of aromatic amines is 1. The minimum atomic E-state index is -4.36.